The van der Waals surface area contributed by atoms with Gasteiger partial charge in [-0.2, -0.15) is 0 Å². The number of Topliss-reactive ketones (excluding diaryl/α,β-unsaturated/α-hetero) is 1. The van der Waals surface area contributed by atoms with Gasteiger partial charge in [-0.15, -0.1) is 0 Å². The van der Waals surface area contributed by atoms with Crippen molar-refractivity contribution < 1.29 is 4.79 Å². The van der Waals surface area contributed by atoms with Crippen LogP contribution in [-0.2, 0) is 11.2 Å². The van der Waals surface area contributed by atoms with E-state index < -0.39 is 0 Å². The first-order chi connectivity index (χ1) is 42.5. The van der Waals surface area contributed by atoms with Crippen molar-refractivity contribution in [2.24, 2.45) is 0 Å². The molecular weight excluding hydrogens is 1060 g/mol. The summed E-state index contributed by atoms with van der Waals surface area (Å²) in [5, 5.41) is 0. The Morgan fingerprint density at radius 2 is 0.273 bits per heavy atom. The van der Waals surface area contributed by atoms with Gasteiger partial charge in [0.2, 0.25) is 0 Å². The molecule has 12 aromatic rings. The van der Waals surface area contributed by atoms with Crippen LogP contribution in [0.1, 0.15) is 79.2 Å². The summed E-state index contributed by atoms with van der Waals surface area (Å²) in [6, 6.07) is 121. The number of hydrogen-bond acceptors (Lipinski definition) is 1. The molecule has 0 N–H and O–H groups in total. The second kappa shape index (κ2) is 52.8. The standard InChI is InChI=1S/C10H12O.11C7H8/c1-8-3-5-10(6-4-8)7-9(2)11;11*1-7-5-3-2-4-6-7/h3-6H,7H2,1-2H3;11*2-6H,1H3. The molecule has 0 radical (unpaired) electrons. The molecule has 0 aliphatic heterocycles. The molecule has 0 atom stereocenters. The average molecular weight is 1160 g/mol. The Morgan fingerprint density at radius 3 is 0.352 bits per heavy atom. The van der Waals surface area contributed by atoms with Crippen LogP contribution in [-0.4, -0.2) is 5.78 Å². The van der Waals surface area contributed by atoms with Gasteiger partial charge in [-0.25, -0.2) is 0 Å². The van der Waals surface area contributed by atoms with Gasteiger partial charge in [0.15, 0.2) is 0 Å². The highest BCUT2D eigenvalue weighted by Gasteiger charge is 1.95. The van der Waals surface area contributed by atoms with E-state index in [-0.39, 0.29) is 5.78 Å². The second-order valence-electron chi connectivity index (χ2n) is 21.1. The van der Waals surface area contributed by atoms with Crippen LogP contribution in [0.15, 0.2) is 358 Å². The lowest BCUT2D eigenvalue weighted by Gasteiger charge is -1.96. The van der Waals surface area contributed by atoms with Gasteiger partial charge >= 0.3 is 0 Å². The minimum absolute atomic E-state index is 0.217. The maximum Gasteiger partial charge on any atom is 0.134 e. The molecule has 0 heterocycles. The highest BCUT2D eigenvalue weighted by atomic mass is 16.1. The van der Waals surface area contributed by atoms with Crippen LogP contribution in [0, 0.1) is 83.1 Å². The van der Waals surface area contributed by atoms with Gasteiger partial charge in [0.1, 0.15) is 5.78 Å². The second-order valence-corrected chi connectivity index (χ2v) is 21.1. The summed E-state index contributed by atoms with van der Waals surface area (Å²) >= 11 is 0. The highest BCUT2D eigenvalue weighted by molar-refractivity contribution is 5.78. The summed E-state index contributed by atoms with van der Waals surface area (Å²) in [7, 11) is 0. The van der Waals surface area contributed by atoms with Gasteiger partial charge in [0, 0.05) is 6.42 Å². The fourth-order valence-electron chi connectivity index (χ4n) is 6.87. The van der Waals surface area contributed by atoms with E-state index in [9.17, 15) is 4.79 Å². The van der Waals surface area contributed by atoms with E-state index >= 15 is 0 Å². The van der Waals surface area contributed by atoms with Crippen molar-refractivity contribution >= 4 is 5.78 Å². The van der Waals surface area contributed by atoms with E-state index in [0.717, 1.165) is 5.56 Å². The number of rotatable bonds is 2. The predicted molar refractivity (Wildman–Crippen MR) is 389 cm³/mol. The first-order valence-corrected chi connectivity index (χ1v) is 30.3. The highest BCUT2D eigenvalue weighted by Crippen LogP contribution is 2.04. The fourth-order valence-corrected chi connectivity index (χ4v) is 6.87. The number of benzene rings is 12. The lowest BCUT2D eigenvalue weighted by atomic mass is 10.1. The maximum atomic E-state index is 10.7. The van der Waals surface area contributed by atoms with E-state index in [2.05, 4.69) is 210 Å². The summed E-state index contributed by atoms with van der Waals surface area (Å²) in [6.07, 6.45) is 0.556. The molecule has 88 heavy (non-hydrogen) atoms. The van der Waals surface area contributed by atoms with E-state index in [1.165, 1.54) is 66.8 Å². The first-order valence-electron chi connectivity index (χ1n) is 30.3. The smallest absolute Gasteiger partial charge is 0.134 e. The van der Waals surface area contributed by atoms with Crippen LogP contribution < -0.4 is 0 Å². The molecule has 0 saturated carbocycles. The lowest BCUT2D eigenvalue weighted by molar-refractivity contribution is -0.116. The summed E-state index contributed by atoms with van der Waals surface area (Å²) in [6.45, 7) is 26.6. The molecule has 0 bridgehead atoms. The summed E-state index contributed by atoms with van der Waals surface area (Å²) in [5.41, 5.74) is 16.9. The average Bonchev–Trinajstić information content (AvgIpc) is 3.58. The van der Waals surface area contributed by atoms with Crippen LogP contribution in [0.25, 0.3) is 0 Å². The monoisotopic (exact) mass is 1160 g/mol. The van der Waals surface area contributed by atoms with Crippen molar-refractivity contribution in [3.8, 4) is 0 Å². The molecule has 0 saturated heterocycles. The van der Waals surface area contributed by atoms with Crippen LogP contribution in [0.5, 0.6) is 0 Å². The van der Waals surface area contributed by atoms with Crippen molar-refractivity contribution in [1.29, 1.82) is 0 Å². The third-order valence-corrected chi connectivity index (χ3v) is 11.9. The predicted octanol–water partition coefficient (Wildman–Crippen LogP) is 24.1. The Hall–Kier alpha value is -9.69. The number of aryl methyl sites for hydroxylation is 12. The molecule has 12 rings (SSSR count). The van der Waals surface area contributed by atoms with Crippen molar-refractivity contribution in [2.75, 3.05) is 0 Å². The lowest BCUT2D eigenvalue weighted by Crippen LogP contribution is -1.95. The zero-order valence-electron chi connectivity index (χ0n) is 55.2. The normalized spacial score (nSPS) is 8.83. The van der Waals surface area contributed by atoms with E-state index in [1.807, 2.05) is 231 Å². The van der Waals surface area contributed by atoms with Gasteiger partial charge in [-0.3, -0.25) is 4.79 Å². The molecule has 454 valence electrons. The molecule has 0 spiro atoms. The topological polar surface area (TPSA) is 17.1 Å². The SMILES string of the molecule is CC(=O)Cc1ccc(C)cc1.Cc1ccccc1.Cc1ccccc1.Cc1ccccc1.Cc1ccccc1.Cc1ccccc1.Cc1ccccc1.Cc1ccccc1.Cc1ccccc1.Cc1ccccc1.Cc1ccccc1.Cc1ccccc1. The number of carbonyl (C=O) groups excluding carboxylic acids is 1. The number of hydrogen-bond donors (Lipinski definition) is 0. The van der Waals surface area contributed by atoms with Gasteiger partial charge in [-0.05, 0) is 95.6 Å². The van der Waals surface area contributed by atoms with Crippen LogP contribution in [0.3, 0.4) is 0 Å². The molecule has 0 aromatic heterocycles. The molecule has 1 nitrogen and oxygen atoms in total. The van der Waals surface area contributed by atoms with Gasteiger partial charge in [-0.1, -0.05) is 425 Å². The van der Waals surface area contributed by atoms with Gasteiger partial charge < -0.3 is 0 Å². The fraction of sp³-hybridized carbons (Fsp3) is 0.161. The minimum Gasteiger partial charge on any atom is -0.300 e. The van der Waals surface area contributed by atoms with Crippen molar-refractivity contribution in [3.63, 3.8) is 0 Å². The van der Waals surface area contributed by atoms with Crippen LogP contribution >= 0.6 is 0 Å². The minimum atomic E-state index is 0.217. The summed E-state index contributed by atoms with van der Waals surface area (Å²) in [5.74, 6) is 0.217. The molecule has 0 fully saturated rings. The van der Waals surface area contributed by atoms with Crippen LogP contribution in [0.4, 0.5) is 0 Å². The Bertz CT molecular complexity index is 2640. The third-order valence-electron chi connectivity index (χ3n) is 11.9. The molecular formula is C87H100O. The van der Waals surface area contributed by atoms with Crippen molar-refractivity contribution in [3.05, 3.63) is 430 Å². The molecule has 1 heteroatoms. The molecule has 0 unspecified atom stereocenters. The summed E-state index contributed by atoms with van der Waals surface area (Å²) < 4.78 is 0. The third kappa shape index (κ3) is 50.8. The van der Waals surface area contributed by atoms with Crippen LogP contribution in [0.2, 0.25) is 0 Å². The Morgan fingerprint density at radius 1 is 0.170 bits per heavy atom. The largest absolute Gasteiger partial charge is 0.300 e. The Kier molecular flexibility index (Phi) is 45.8. The quantitative estimate of drug-likeness (QED) is 0.169. The Balaban J connectivity index is 0.000000481. The summed E-state index contributed by atoms with van der Waals surface area (Å²) in [4.78, 5) is 10.7. The molecule has 0 amide bonds. The maximum absolute atomic E-state index is 10.7. The Labute approximate surface area is 534 Å². The molecule has 0 aliphatic rings. The van der Waals surface area contributed by atoms with E-state index in [0.29, 0.717) is 6.42 Å². The first kappa shape index (κ1) is 76.3. The van der Waals surface area contributed by atoms with Crippen molar-refractivity contribution in [1.82, 2.24) is 0 Å². The zero-order chi connectivity index (χ0) is 64.5. The van der Waals surface area contributed by atoms with Gasteiger partial charge in [0.05, 0.1) is 0 Å². The number of ketones is 1. The molecule has 0 aliphatic carbocycles. The van der Waals surface area contributed by atoms with Crippen molar-refractivity contribution in [2.45, 2.75) is 96.4 Å². The number of carbonyl (C=O) groups is 1. The zero-order valence-corrected chi connectivity index (χ0v) is 55.2. The van der Waals surface area contributed by atoms with E-state index in [1.54, 1.807) is 6.92 Å². The molecule has 12 aromatic carbocycles. The van der Waals surface area contributed by atoms with Gasteiger partial charge in [0.25, 0.3) is 0 Å². The van der Waals surface area contributed by atoms with E-state index in [4.69, 9.17) is 0 Å².